The molecule has 44 heavy (non-hydrogen) atoms. The van der Waals surface area contributed by atoms with Gasteiger partial charge in [0.25, 0.3) is 0 Å². The fourth-order valence-electron chi connectivity index (χ4n) is 5.62. The number of rotatable bonds is 4. The summed E-state index contributed by atoms with van der Waals surface area (Å²) in [6, 6.07) is 30.8. The molecule has 0 atom stereocenters. The maximum absolute atomic E-state index is 9.41. The molecule has 4 nitrogen and oxygen atoms in total. The predicted octanol–water partition coefficient (Wildman–Crippen LogP) is 10.8. The number of benzene rings is 6. The van der Waals surface area contributed by atoms with Crippen molar-refractivity contribution in [1.82, 2.24) is 15.0 Å². The summed E-state index contributed by atoms with van der Waals surface area (Å²) in [5.74, 6) is 0.717. The third kappa shape index (κ3) is 4.02. The first-order valence-electron chi connectivity index (χ1n) is 17.1. The zero-order valence-electron chi connectivity index (χ0n) is 29.0. The van der Waals surface area contributed by atoms with Crippen molar-refractivity contribution < 1.29 is 12.6 Å². The second kappa shape index (κ2) is 9.97. The van der Waals surface area contributed by atoms with Gasteiger partial charge in [-0.3, -0.25) is 0 Å². The average Bonchev–Trinajstić information content (AvgIpc) is 3.74. The lowest BCUT2D eigenvalue weighted by atomic mass is 9.97. The molecule has 0 N–H and O–H groups in total. The Morgan fingerprint density at radius 2 is 1.18 bits per heavy atom. The van der Waals surface area contributed by atoms with E-state index in [1.165, 1.54) is 0 Å². The first-order valence-corrected chi connectivity index (χ1v) is 14.9. The minimum absolute atomic E-state index is 0.0190. The van der Waals surface area contributed by atoms with E-state index in [1.807, 2.05) is 103 Å². The molecule has 0 aliphatic rings. The van der Waals surface area contributed by atoms with Gasteiger partial charge in [-0.15, -0.1) is 11.3 Å². The molecule has 0 unspecified atom stereocenters. The van der Waals surface area contributed by atoms with Crippen LogP contribution in [0.1, 0.15) is 8.22 Å². The van der Waals surface area contributed by atoms with Gasteiger partial charge in [-0.25, -0.2) is 15.0 Å². The molecule has 0 spiro atoms. The largest absolute Gasteiger partial charge is 0.455 e. The van der Waals surface area contributed by atoms with Gasteiger partial charge in [-0.05, 0) is 29.8 Å². The van der Waals surface area contributed by atoms with Gasteiger partial charge in [0, 0.05) is 53.2 Å². The summed E-state index contributed by atoms with van der Waals surface area (Å²) in [5.41, 5.74) is 2.45. The normalized spacial score (nSPS) is 13.5. The molecular formula is C39H23N3OS. The maximum atomic E-state index is 9.41. The Labute approximate surface area is 265 Å². The van der Waals surface area contributed by atoms with E-state index >= 15 is 0 Å². The monoisotopic (exact) mass is 587 g/mol. The molecule has 0 fully saturated rings. The Bertz CT molecular complexity index is 2780. The van der Waals surface area contributed by atoms with Crippen molar-refractivity contribution in [1.29, 1.82) is 0 Å². The summed E-state index contributed by atoms with van der Waals surface area (Å²) < 4.78 is 63.2. The molecule has 6 aromatic carbocycles. The number of nitrogens with zero attached hydrogens (tertiary/aromatic N) is 3. The zero-order valence-corrected chi connectivity index (χ0v) is 23.8. The van der Waals surface area contributed by atoms with Gasteiger partial charge < -0.3 is 4.42 Å². The van der Waals surface area contributed by atoms with E-state index in [4.69, 9.17) is 23.5 Å². The van der Waals surface area contributed by atoms with E-state index in [-0.39, 0.29) is 69.6 Å². The van der Waals surface area contributed by atoms with Crippen molar-refractivity contribution in [3.63, 3.8) is 0 Å². The van der Waals surface area contributed by atoms with Gasteiger partial charge in [0.1, 0.15) is 11.2 Å². The number of furan rings is 1. The highest BCUT2D eigenvalue weighted by Crippen LogP contribution is 2.43. The summed E-state index contributed by atoms with van der Waals surface area (Å²) in [5, 5.41) is 2.08. The van der Waals surface area contributed by atoms with Crippen molar-refractivity contribution in [2.24, 2.45) is 0 Å². The molecule has 0 aliphatic carbocycles. The van der Waals surface area contributed by atoms with E-state index in [0.717, 1.165) is 20.2 Å². The molecule has 0 saturated heterocycles. The Balaban J connectivity index is 1.37. The fourth-order valence-corrected chi connectivity index (χ4v) is 6.75. The van der Waals surface area contributed by atoms with Crippen LogP contribution < -0.4 is 0 Å². The molecule has 206 valence electrons. The fraction of sp³-hybridized carbons (Fsp3) is 0. The van der Waals surface area contributed by atoms with Crippen molar-refractivity contribution >= 4 is 53.4 Å². The molecule has 3 heterocycles. The molecule has 0 amide bonds. The minimum Gasteiger partial charge on any atom is -0.455 e. The highest BCUT2D eigenvalue weighted by atomic mass is 32.1. The van der Waals surface area contributed by atoms with E-state index in [0.29, 0.717) is 33.9 Å². The van der Waals surface area contributed by atoms with Gasteiger partial charge in [0.15, 0.2) is 17.5 Å². The van der Waals surface area contributed by atoms with Crippen LogP contribution in [0, 0.1) is 0 Å². The Hall–Kier alpha value is -5.65. The van der Waals surface area contributed by atoms with Crippen LogP contribution in [-0.2, 0) is 0 Å². The molecule has 9 aromatic rings. The summed E-state index contributed by atoms with van der Waals surface area (Å²) in [7, 11) is 0. The van der Waals surface area contributed by atoms with Crippen molar-refractivity contribution in [2.45, 2.75) is 0 Å². The molecule has 0 aliphatic heterocycles. The lowest BCUT2D eigenvalue weighted by Gasteiger charge is -2.08. The number of thiophene rings is 1. The van der Waals surface area contributed by atoms with Crippen LogP contribution in [0.25, 0.3) is 87.4 Å². The summed E-state index contributed by atoms with van der Waals surface area (Å²) in [6.45, 7) is 0. The second-order valence-electron chi connectivity index (χ2n) is 10.3. The molecule has 5 heteroatoms. The number of aromatic nitrogens is 3. The topological polar surface area (TPSA) is 51.8 Å². The van der Waals surface area contributed by atoms with Crippen molar-refractivity contribution in [2.75, 3.05) is 0 Å². The lowest BCUT2D eigenvalue weighted by molar-refractivity contribution is 0.670. The number of para-hydroxylation sites is 1. The highest BCUT2D eigenvalue weighted by Gasteiger charge is 2.18. The molecular weight excluding hydrogens is 559 g/mol. The Kier molecular flexibility index (Phi) is 4.42. The standard InChI is InChI=1S/C39H23N3OS/c1-3-11-24(12-4-1)37-40-38(25-13-5-2-6-14-25)42-39(41-37)26-21-22-27-29-17-9-18-30(36(29)43-32(27)23-26)28-16-10-20-34-35(28)31-15-7-8-19-33(31)44-34/h1-23H/i9D,17D,18D,21D,22D,23D. The number of fused-ring (bicyclic) bond motifs is 6. The van der Waals surface area contributed by atoms with E-state index < -0.39 is 0 Å². The van der Waals surface area contributed by atoms with Crippen LogP contribution in [-0.4, -0.2) is 15.0 Å². The van der Waals surface area contributed by atoms with Crippen LogP contribution in [0.5, 0.6) is 0 Å². The van der Waals surface area contributed by atoms with Crippen LogP contribution in [0.15, 0.2) is 144 Å². The van der Waals surface area contributed by atoms with Crippen LogP contribution in [0.4, 0.5) is 0 Å². The molecule has 0 radical (unpaired) electrons. The number of hydrogen-bond acceptors (Lipinski definition) is 5. The third-order valence-corrected chi connectivity index (χ3v) is 8.79. The summed E-state index contributed by atoms with van der Waals surface area (Å²) >= 11 is 1.62. The SMILES string of the molecule is [2H]c1c([2H])c([2H])c2c(oc3c([2H])c(-c4nc(-c5ccccc5)nc(-c5ccccc5)n4)c([2H])c([2H])c32)c1-c1cccc2sc3ccccc3c12. The molecule has 0 saturated carbocycles. The lowest BCUT2D eigenvalue weighted by Crippen LogP contribution is -2.00. The van der Waals surface area contributed by atoms with Gasteiger partial charge in [-0.2, -0.15) is 0 Å². The van der Waals surface area contributed by atoms with E-state index in [9.17, 15) is 4.11 Å². The van der Waals surface area contributed by atoms with Crippen molar-refractivity contribution in [3.05, 3.63) is 139 Å². The van der Waals surface area contributed by atoms with Gasteiger partial charge in [0.2, 0.25) is 0 Å². The summed E-state index contributed by atoms with van der Waals surface area (Å²) in [6.07, 6.45) is 0. The van der Waals surface area contributed by atoms with Crippen LogP contribution >= 0.6 is 11.3 Å². The van der Waals surface area contributed by atoms with E-state index in [1.54, 1.807) is 11.3 Å². The Morgan fingerprint density at radius 1 is 0.523 bits per heavy atom. The first-order chi connectivity index (χ1) is 24.3. The minimum atomic E-state index is -0.328. The third-order valence-electron chi connectivity index (χ3n) is 7.66. The predicted molar refractivity (Wildman–Crippen MR) is 182 cm³/mol. The first kappa shape index (κ1) is 19.5. The smallest absolute Gasteiger partial charge is 0.164 e. The quantitative estimate of drug-likeness (QED) is 0.205. The maximum Gasteiger partial charge on any atom is 0.164 e. The van der Waals surface area contributed by atoms with Gasteiger partial charge in [0.05, 0.1) is 8.22 Å². The molecule has 3 aromatic heterocycles. The molecule has 9 rings (SSSR count). The summed E-state index contributed by atoms with van der Waals surface area (Å²) in [4.78, 5) is 14.1. The number of hydrogen-bond donors (Lipinski definition) is 0. The zero-order chi connectivity index (χ0) is 34.3. The highest BCUT2D eigenvalue weighted by molar-refractivity contribution is 7.25. The second-order valence-corrected chi connectivity index (χ2v) is 11.4. The molecule has 0 bridgehead atoms. The van der Waals surface area contributed by atoms with Gasteiger partial charge in [-0.1, -0.05) is 115 Å². The van der Waals surface area contributed by atoms with Gasteiger partial charge >= 0.3 is 0 Å². The van der Waals surface area contributed by atoms with Crippen LogP contribution in [0.2, 0.25) is 0 Å². The average molecular weight is 588 g/mol. The van der Waals surface area contributed by atoms with Crippen molar-refractivity contribution in [3.8, 4) is 45.3 Å². The van der Waals surface area contributed by atoms with E-state index in [2.05, 4.69) is 0 Å². The Morgan fingerprint density at radius 3 is 1.93 bits per heavy atom. The van der Waals surface area contributed by atoms with Crippen LogP contribution in [0.3, 0.4) is 0 Å².